The molecule has 0 radical (unpaired) electrons. The standard InChI is InChI=1S/C17H15N5O.C16H15N5O.C13H15N5O.C12H12IN5O.C12H13N5O.C10H9N5O.C9H7N5O/c1-2-13-15(12-6-4-3-5-7-12)20-16-14(21-9-8-18-11-21)10-19-22(16)17(13)23;1-3-11-10(2)19-15-14(8-18-21(15)16(11)22)20-9-17-12-6-4-5-7-13(12)20;1-4-10-8(2)16-12-11(7-15-18(12)13(10)19)17-6-5-14-9(17)3;1-3-8-7(2)16-11-9(4-15-18(11)12(8)19)17-6-14-5-10(17)13;1-3-9-8(2)15-11-10(16-5-4-13-7-16)6-14-17(11)12(9)18;1-7-4-9(16)15-10(13-7)8(5-12-15)14-3-2-11-6-14;15-8-1-2-11-9-7(5-12-14(8)9)13-4-3-10-6-13/h3-11,19H,2H2,1H3;4-9,18H,3H2,1-2H3;5-7,15H,4H2,1-3H3;4-6,15H,3H2,1-2H3;4-7,14H,3H2,1-2H3;2-6,12H,1H3;1-6,12H. The molecule has 0 aliphatic heterocycles. The van der Waals surface area contributed by atoms with E-state index >= 15 is 0 Å². The van der Waals surface area contributed by atoms with Crippen LogP contribution in [0.3, 0.4) is 0 Å². The number of halogens is 1. The van der Waals surface area contributed by atoms with E-state index in [2.05, 4.69) is 123 Å². The largest absolute Gasteiger partial charge is 0.301 e. The van der Waals surface area contributed by atoms with Crippen LogP contribution in [0.25, 0.3) is 102 Å². The normalized spacial score (nSPS) is 11.2. The summed E-state index contributed by atoms with van der Waals surface area (Å²) in [6, 6.07) is 20.6. The smallest absolute Gasteiger partial charge is 0.276 e. The quantitative estimate of drug-likeness (QED) is 0.0528. The number of rotatable bonds is 13. The summed E-state index contributed by atoms with van der Waals surface area (Å²) in [5.41, 5.74) is 20.5. The molecule has 2 aromatic carbocycles. The third-order valence-electron chi connectivity index (χ3n) is 22.1. The van der Waals surface area contributed by atoms with Gasteiger partial charge < -0.3 is 18.3 Å². The van der Waals surface area contributed by atoms with E-state index < -0.39 is 0 Å². The lowest BCUT2D eigenvalue weighted by atomic mass is 10.1. The predicted octanol–water partition coefficient (Wildman–Crippen LogP) is 9.55. The minimum absolute atomic E-state index is 0.0333. The van der Waals surface area contributed by atoms with E-state index in [-0.39, 0.29) is 38.9 Å². The Morgan fingerprint density at radius 1 is 0.318 bits per heavy atom. The molecule has 0 saturated heterocycles. The number of aromatic nitrogens is 35. The number of fused-ring (bicyclic) bond motifs is 8. The van der Waals surface area contributed by atoms with Crippen LogP contribution < -0.4 is 38.9 Å². The summed E-state index contributed by atoms with van der Waals surface area (Å²) in [5, 5.41) is 20.6. The average molecular weight is 1880 g/mol. The topological polar surface area (TPSA) is 476 Å². The van der Waals surface area contributed by atoms with Gasteiger partial charge in [-0.25, -0.2) is 69.8 Å². The number of hydrogen-bond acceptors (Lipinski definition) is 21. The number of hydrogen-bond donors (Lipinski definition) is 7. The highest BCUT2D eigenvalue weighted by molar-refractivity contribution is 14.1. The second-order valence-corrected chi connectivity index (χ2v) is 31.1. The number of H-pyrrole nitrogens is 7. The maximum absolute atomic E-state index is 12.8. The van der Waals surface area contributed by atoms with E-state index in [0.717, 1.165) is 117 Å². The Hall–Kier alpha value is -17.2. The van der Waals surface area contributed by atoms with Crippen molar-refractivity contribution < 1.29 is 0 Å². The zero-order chi connectivity index (χ0) is 92.3. The van der Waals surface area contributed by atoms with Crippen molar-refractivity contribution in [1.82, 2.24) is 169 Å². The number of aromatic amines is 7. The third kappa shape index (κ3) is 16.3. The molecule has 0 aliphatic carbocycles. The van der Waals surface area contributed by atoms with Crippen molar-refractivity contribution in [2.45, 2.75) is 108 Å². The van der Waals surface area contributed by atoms with Gasteiger partial charge >= 0.3 is 0 Å². The molecule has 0 fully saturated rings. The van der Waals surface area contributed by atoms with E-state index in [1.54, 1.807) is 147 Å². The molecule has 0 atom stereocenters. The van der Waals surface area contributed by atoms with Crippen molar-refractivity contribution in [3.05, 3.63) is 361 Å². The molecule has 21 aromatic heterocycles. The maximum atomic E-state index is 12.8. The summed E-state index contributed by atoms with van der Waals surface area (Å²) in [4.78, 5) is 145. The van der Waals surface area contributed by atoms with Crippen LogP contribution in [0.5, 0.6) is 0 Å². The highest BCUT2D eigenvalue weighted by atomic mass is 127. The van der Waals surface area contributed by atoms with E-state index in [9.17, 15) is 33.6 Å². The molecule has 0 unspecified atom stereocenters. The number of para-hydroxylation sites is 2. The van der Waals surface area contributed by atoms with Gasteiger partial charge in [0.15, 0.2) is 39.5 Å². The van der Waals surface area contributed by atoms with Crippen LogP contribution in [0.1, 0.15) is 96.7 Å². The van der Waals surface area contributed by atoms with E-state index in [4.69, 9.17) is 4.98 Å². The molecule has 0 amide bonds. The van der Waals surface area contributed by atoms with Gasteiger partial charge in [0.1, 0.15) is 62.0 Å². The number of imidazole rings is 7. The zero-order valence-corrected chi connectivity index (χ0v) is 75.2. The fourth-order valence-electron chi connectivity index (χ4n) is 15.5. The summed E-state index contributed by atoms with van der Waals surface area (Å²) < 4.78 is 24.2. The van der Waals surface area contributed by atoms with E-state index in [1.165, 1.54) is 49.9 Å². The van der Waals surface area contributed by atoms with Crippen molar-refractivity contribution >= 4 is 73.2 Å². The molecule has 42 nitrogen and oxygen atoms in total. The lowest BCUT2D eigenvalue weighted by Crippen LogP contribution is -2.21. The summed E-state index contributed by atoms with van der Waals surface area (Å²) >= 11 is 2.19. The van der Waals surface area contributed by atoms with Gasteiger partial charge in [-0.1, -0.05) is 77.1 Å². The monoisotopic (exact) mass is 1880 g/mol. The highest BCUT2D eigenvalue weighted by Crippen LogP contribution is 2.26. The average Bonchev–Trinajstić information content (AvgIpc) is 1.53. The van der Waals surface area contributed by atoms with E-state index in [1.807, 2.05) is 165 Å². The number of nitrogens with zero attached hydrogens (tertiary/aromatic N) is 28. The maximum Gasteiger partial charge on any atom is 0.276 e. The first-order valence-corrected chi connectivity index (χ1v) is 42.9. The Labute approximate surface area is 757 Å². The molecular formula is C89H86IN35O7. The second kappa shape index (κ2) is 37.0. The molecule has 23 rings (SSSR count). The van der Waals surface area contributed by atoms with Crippen molar-refractivity contribution in [3.8, 4) is 51.1 Å². The summed E-state index contributed by atoms with van der Waals surface area (Å²) in [6.07, 6.45) is 46.6. The molecule has 132 heavy (non-hydrogen) atoms. The van der Waals surface area contributed by atoms with Gasteiger partial charge in [0.2, 0.25) is 0 Å². The number of benzene rings is 2. The third-order valence-corrected chi connectivity index (χ3v) is 22.9. The fourth-order valence-corrected chi connectivity index (χ4v) is 16.1. The van der Waals surface area contributed by atoms with E-state index in [0.29, 0.717) is 82.9 Å². The van der Waals surface area contributed by atoms with Crippen LogP contribution in [0.15, 0.2) is 256 Å². The van der Waals surface area contributed by atoms with Crippen molar-refractivity contribution in [2.75, 3.05) is 0 Å². The molecule has 43 heteroatoms. The molecule has 0 aliphatic rings. The Morgan fingerprint density at radius 2 is 0.697 bits per heavy atom. The molecule has 0 bridgehead atoms. The van der Waals surface area contributed by atoms with Gasteiger partial charge in [0, 0.05) is 186 Å². The molecular weight excluding hydrogens is 1800 g/mol. The van der Waals surface area contributed by atoms with Crippen LogP contribution in [0.2, 0.25) is 0 Å². The fraction of sp³-hybridized carbons (Fsp3) is 0.180. The van der Waals surface area contributed by atoms with Gasteiger partial charge in [-0.05, 0) is 108 Å². The van der Waals surface area contributed by atoms with Crippen LogP contribution >= 0.6 is 22.6 Å². The van der Waals surface area contributed by atoms with Gasteiger partial charge in [-0.2, -0.15) is 31.6 Å². The minimum Gasteiger partial charge on any atom is -0.301 e. The molecule has 23 aromatic rings. The predicted molar refractivity (Wildman–Crippen MR) is 502 cm³/mol. The second-order valence-electron chi connectivity index (χ2n) is 30.0. The van der Waals surface area contributed by atoms with Crippen LogP contribution in [-0.4, -0.2) is 169 Å². The van der Waals surface area contributed by atoms with Crippen molar-refractivity contribution in [2.24, 2.45) is 0 Å². The van der Waals surface area contributed by atoms with Crippen LogP contribution in [0.4, 0.5) is 0 Å². The molecule has 7 N–H and O–H groups in total. The van der Waals surface area contributed by atoms with Crippen LogP contribution in [-0.2, 0) is 32.1 Å². The highest BCUT2D eigenvalue weighted by Gasteiger charge is 2.23. The van der Waals surface area contributed by atoms with Gasteiger partial charge in [-0.15, -0.1) is 0 Å². The Bertz CT molecular complexity index is 8420. The lowest BCUT2D eigenvalue weighted by Gasteiger charge is -2.08. The number of nitrogens with one attached hydrogen (secondary N) is 7. The first-order valence-electron chi connectivity index (χ1n) is 41.8. The van der Waals surface area contributed by atoms with Gasteiger partial charge in [0.05, 0.1) is 48.2 Å². The summed E-state index contributed by atoms with van der Waals surface area (Å²) in [5.74, 6) is 0.855. The summed E-state index contributed by atoms with van der Waals surface area (Å²) in [6.45, 7) is 21.0. The lowest BCUT2D eigenvalue weighted by molar-refractivity contribution is 0.852. The van der Waals surface area contributed by atoms with Crippen molar-refractivity contribution in [3.63, 3.8) is 0 Å². The molecule has 666 valence electrons. The zero-order valence-electron chi connectivity index (χ0n) is 73.1. The molecule has 0 spiro atoms. The Morgan fingerprint density at radius 3 is 1.11 bits per heavy atom. The van der Waals surface area contributed by atoms with Crippen LogP contribution in [0, 0.1) is 45.2 Å². The first kappa shape index (κ1) is 86.9. The first-order chi connectivity index (χ1) is 64.1. The Balaban J connectivity index is 0.000000108. The van der Waals surface area contributed by atoms with Crippen molar-refractivity contribution in [1.29, 1.82) is 0 Å². The minimum atomic E-state index is -0.133. The number of aryl methyl sites for hydroxylation is 6. The molecule has 21 heterocycles. The van der Waals surface area contributed by atoms with Gasteiger partial charge in [-0.3, -0.25) is 83.0 Å². The summed E-state index contributed by atoms with van der Waals surface area (Å²) in [7, 11) is 0. The SMILES string of the molecule is CCc1c(-c2ccccc2)nc2c(-n3ccnc3)c[nH]n2c1=O.CCc1c(C)nc2c(-n3ccnc3)c[nH]n2c1=O.CCc1c(C)nc2c(-n3ccnc3C)c[nH]n2c1=O.CCc1c(C)nc2c(-n3cnc4ccccc43)c[nH]n2c1=O.CCc1c(C)nc2c(-n3cncc3I)c[nH]n2c1=O.Cc1cc(=O)n2[nH]cc(-n3ccnc3)c2n1.O=c1ccnc2c(-n3ccnc3)c[nH]n12. The molecule has 0 saturated carbocycles. The Kier molecular flexibility index (Phi) is 24.4. The van der Waals surface area contributed by atoms with Gasteiger partial charge in [0.25, 0.3) is 38.9 Å².